The smallest absolute Gasteiger partial charge is 0.295 e. The summed E-state index contributed by atoms with van der Waals surface area (Å²) in [4.78, 5) is 33.2. The minimum atomic E-state index is -0.443. The predicted molar refractivity (Wildman–Crippen MR) is 89.8 cm³/mol. The fourth-order valence-corrected chi connectivity index (χ4v) is 3.48. The molecule has 130 valence electrons. The van der Waals surface area contributed by atoms with Gasteiger partial charge >= 0.3 is 0 Å². The number of morpholine rings is 1. The molecule has 0 spiro atoms. The molecule has 0 aliphatic carbocycles. The van der Waals surface area contributed by atoms with Gasteiger partial charge in [0.25, 0.3) is 11.7 Å². The van der Waals surface area contributed by atoms with E-state index < -0.39 is 5.78 Å². The molecule has 24 heavy (non-hydrogen) atoms. The summed E-state index contributed by atoms with van der Waals surface area (Å²) in [5, 5.41) is 0. The van der Waals surface area contributed by atoms with Gasteiger partial charge in [0, 0.05) is 50.2 Å². The van der Waals surface area contributed by atoms with Crippen LogP contribution in [0.5, 0.6) is 0 Å². The third kappa shape index (κ3) is 4.19. The summed E-state index contributed by atoms with van der Waals surface area (Å²) in [5.74, 6) is -0.823. The number of rotatable bonds is 5. The Morgan fingerprint density at radius 3 is 2.79 bits per heavy atom. The lowest BCUT2D eigenvalue weighted by Gasteiger charge is -2.37. The Hall–Kier alpha value is -1.79. The van der Waals surface area contributed by atoms with E-state index in [2.05, 4.69) is 9.88 Å². The van der Waals surface area contributed by atoms with Gasteiger partial charge in [-0.25, -0.2) is 0 Å². The summed E-state index contributed by atoms with van der Waals surface area (Å²) in [6.07, 6.45) is 7.07. The van der Waals surface area contributed by atoms with Crippen molar-refractivity contribution in [3.05, 3.63) is 30.1 Å². The number of carbonyl (C=O) groups is 2. The molecule has 1 atom stereocenters. The van der Waals surface area contributed by atoms with Crippen LogP contribution in [-0.2, 0) is 9.53 Å². The number of Topliss-reactive ketones (excluding diaryl/α,β-unsaturated/α-hetero) is 1. The topological polar surface area (TPSA) is 62.7 Å². The van der Waals surface area contributed by atoms with E-state index in [1.54, 1.807) is 23.2 Å². The molecule has 0 aromatic carbocycles. The molecule has 2 fully saturated rings. The van der Waals surface area contributed by atoms with Crippen molar-refractivity contribution in [1.29, 1.82) is 0 Å². The summed E-state index contributed by atoms with van der Waals surface area (Å²) >= 11 is 0. The first-order chi connectivity index (χ1) is 11.8. The molecular weight excluding hydrogens is 306 g/mol. The highest BCUT2D eigenvalue weighted by molar-refractivity contribution is 6.42. The number of hydrogen-bond donors (Lipinski definition) is 0. The van der Waals surface area contributed by atoms with Crippen molar-refractivity contribution in [1.82, 2.24) is 14.8 Å². The molecule has 2 aliphatic heterocycles. The Balaban J connectivity index is 1.60. The third-order valence-corrected chi connectivity index (χ3v) is 4.89. The molecular formula is C18H25N3O3. The van der Waals surface area contributed by atoms with Crippen LogP contribution < -0.4 is 0 Å². The summed E-state index contributed by atoms with van der Waals surface area (Å²) in [6.45, 7) is 5.11. The average molecular weight is 331 g/mol. The van der Waals surface area contributed by atoms with E-state index in [4.69, 9.17) is 4.74 Å². The molecule has 2 aliphatic rings. The number of aromatic nitrogens is 1. The number of pyridine rings is 1. The number of likely N-dealkylation sites (tertiary alicyclic amines) is 1. The molecule has 1 amide bonds. The van der Waals surface area contributed by atoms with Crippen molar-refractivity contribution in [2.45, 2.75) is 31.7 Å². The zero-order valence-electron chi connectivity index (χ0n) is 14.0. The minimum absolute atomic E-state index is 0.162. The molecule has 1 aromatic rings. The molecule has 0 saturated carbocycles. The molecule has 3 rings (SSSR count). The fourth-order valence-electron chi connectivity index (χ4n) is 3.48. The van der Waals surface area contributed by atoms with Gasteiger partial charge in [0.15, 0.2) is 0 Å². The average Bonchev–Trinajstić information content (AvgIpc) is 2.67. The van der Waals surface area contributed by atoms with Gasteiger partial charge in [-0.05, 0) is 37.8 Å². The van der Waals surface area contributed by atoms with Gasteiger partial charge in [-0.1, -0.05) is 0 Å². The Labute approximate surface area is 142 Å². The van der Waals surface area contributed by atoms with Crippen molar-refractivity contribution < 1.29 is 14.3 Å². The fraction of sp³-hybridized carbons (Fsp3) is 0.611. The van der Waals surface area contributed by atoms with E-state index >= 15 is 0 Å². The second-order valence-electron chi connectivity index (χ2n) is 6.46. The minimum Gasteiger partial charge on any atom is -0.379 e. The monoisotopic (exact) mass is 331 g/mol. The number of ether oxygens (including phenoxy) is 1. The Morgan fingerprint density at radius 1 is 1.21 bits per heavy atom. The number of amides is 1. The quantitative estimate of drug-likeness (QED) is 0.602. The predicted octanol–water partition coefficient (Wildman–Crippen LogP) is 1.37. The number of carbonyl (C=O) groups excluding carboxylic acids is 2. The summed E-state index contributed by atoms with van der Waals surface area (Å²) in [5.41, 5.74) is 0.375. The lowest BCUT2D eigenvalue weighted by Crippen LogP contribution is -2.48. The van der Waals surface area contributed by atoms with Gasteiger partial charge in [-0.3, -0.25) is 19.5 Å². The van der Waals surface area contributed by atoms with Crippen LogP contribution >= 0.6 is 0 Å². The number of hydrogen-bond acceptors (Lipinski definition) is 5. The van der Waals surface area contributed by atoms with Crippen LogP contribution in [0.25, 0.3) is 0 Å². The zero-order valence-corrected chi connectivity index (χ0v) is 14.0. The highest BCUT2D eigenvalue weighted by Gasteiger charge is 2.31. The van der Waals surface area contributed by atoms with E-state index in [1.807, 2.05) is 0 Å². The van der Waals surface area contributed by atoms with Crippen LogP contribution in [0.3, 0.4) is 0 Å². The Bertz CT molecular complexity index is 558. The van der Waals surface area contributed by atoms with Crippen molar-refractivity contribution in [3.8, 4) is 0 Å². The van der Waals surface area contributed by atoms with E-state index in [0.29, 0.717) is 12.1 Å². The van der Waals surface area contributed by atoms with Crippen LogP contribution in [-0.4, -0.2) is 71.9 Å². The number of ketones is 1. The van der Waals surface area contributed by atoms with E-state index in [1.165, 1.54) is 6.20 Å². The zero-order chi connectivity index (χ0) is 16.8. The lowest BCUT2D eigenvalue weighted by atomic mass is 9.97. The number of nitrogens with zero attached hydrogens (tertiary/aromatic N) is 3. The summed E-state index contributed by atoms with van der Waals surface area (Å²) < 4.78 is 5.37. The molecule has 1 aromatic heterocycles. The Morgan fingerprint density at radius 2 is 2.04 bits per heavy atom. The maximum Gasteiger partial charge on any atom is 0.295 e. The van der Waals surface area contributed by atoms with Crippen LogP contribution in [0, 0.1) is 0 Å². The van der Waals surface area contributed by atoms with Crippen molar-refractivity contribution in [3.63, 3.8) is 0 Å². The first-order valence-corrected chi connectivity index (χ1v) is 8.81. The summed E-state index contributed by atoms with van der Waals surface area (Å²) in [7, 11) is 0. The standard InChI is InChI=1S/C18H25N3O3/c22-17(15-4-3-7-19-14-15)18(23)21-8-2-1-5-16(21)6-9-20-10-12-24-13-11-20/h3-4,7,14,16H,1-2,5-6,8-13H2/t16-/m0/s1. The van der Waals surface area contributed by atoms with Crippen LogP contribution in [0.4, 0.5) is 0 Å². The molecule has 6 heteroatoms. The number of piperidine rings is 1. The molecule has 0 radical (unpaired) electrons. The molecule has 3 heterocycles. The van der Waals surface area contributed by atoms with Gasteiger partial charge < -0.3 is 9.64 Å². The van der Waals surface area contributed by atoms with Gasteiger partial charge in [0.05, 0.1) is 13.2 Å². The third-order valence-electron chi connectivity index (χ3n) is 4.89. The summed E-state index contributed by atoms with van der Waals surface area (Å²) in [6, 6.07) is 3.50. The second kappa shape index (κ2) is 8.35. The van der Waals surface area contributed by atoms with E-state index in [0.717, 1.165) is 58.5 Å². The van der Waals surface area contributed by atoms with Crippen LogP contribution in [0.15, 0.2) is 24.5 Å². The molecule has 2 saturated heterocycles. The van der Waals surface area contributed by atoms with Crippen LogP contribution in [0.2, 0.25) is 0 Å². The lowest BCUT2D eigenvalue weighted by molar-refractivity contribution is -0.130. The van der Waals surface area contributed by atoms with Gasteiger partial charge in [-0.2, -0.15) is 0 Å². The molecule has 0 N–H and O–H groups in total. The normalized spacial score (nSPS) is 22.3. The highest BCUT2D eigenvalue weighted by Crippen LogP contribution is 2.21. The maximum absolute atomic E-state index is 12.7. The van der Waals surface area contributed by atoms with E-state index in [-0.39, 0.29) is 11.9 Å². The first kappa shape index (κ1) is 17.0. The highest BCUT2D eigenvalue weighted by atomic mass is 16.5. The maximum atomic E-state index is 12.7. The van der Waals surface area contributed by atoms with Crippen molar-refractivity contribution in [2.24, 2.45) is 0 Å². The van der Waals surface area contributed by atoms with Crippen LogP contribution in [0.1, 0.15) is 36.0 Å². The molecule has 6 nitrogen and oxygen atoms in total. The van der Waals surface area contributed by atoms with Gasteiger partial charge in [0.2, 0.25) is 0 Å². The SMILES string of the molecule is O=C(C(=O)N1CCCC[C@H]1CCN1CCOCC1)c1cccnc1. The molecule has 0 unspecified atom stereocenters. The molecule has 0 bridgehead atoms. The first-order valence-electron chi connectivity index (χ1n) is 8.81. The van der Waals surface area contributed by atoms with Gasteiger partial charge in [0.1, 0.15) is 0 Å². The van der Waals surface area contributed by atoms with Crippen molar-refractivity contribution in [2.75, 3.05) is 39.4 Å². The van der Waals surface area contributed by atoms with Crippen molar-refractivity contribution >= 4 is 11.7 Å². The largest absolute Gasteiger partial charge is 0.379 e. The second-order valence-corrected chi connectivity index (χ2v) is 6.46. The van der Waals surface area contributed by atoms with Gasteiger partial charge in [-0.15, -0.1) is 0 Å². The Kier molecular flexibility index (Phi) is 5.93. The van der Waals surface area contributed by atoms with E-state index in [9.17, 15) is 9.59 Å².